The average molecular weight is 530 g/mol. The van der Waals surface area contributed by atoms with Gasteiger partial charge in [-0.15, -0.1) is 0 Å². The Bertz CT molecular complexity index is 1390. The lowest BCUT2D eigenvalue weighted by Crippen LogP contribution is -2.30. The second-order valence-electron chi connectivity index (χ2n) is 8.03. The van der Waals surface area contributed by atoms with E-state index in [4.69, 9.17) is 0 Å². The van der Waals surface area contributed by atoms with Gasteiger partial charge in [-0.1, -0.05) is 49.6 Å². The zero-order chi connectivity index (χ0) is 27.2. The van der Waals surface area contributed by atoms with E-state index >= 15 is 0 Å². The maximum Gasteiger partial charge on any atom is 0.416 e. The molecule has 0 spiro atoms. The number of carbonyl (C=O) groups excluding carboxylic acids is 1. The molecule has 0 saturated heterocycles. The zero-order valence-corrected chi connectivity index (χ0v) is 20.4. The lowest BCUT2D eigenvalue weighted by atomic mass is 9.99. The van der Waals surface area contributed by atoms with Gasteiger partial charge >= 0.3 is 6.18 Å². The van der Waals surface area contributed by atoms with Crippen LogP contribution >= 0.6 is 0 Å². The third-order valence-corrected chi connectivity index (χ3v) is 6.19. The minimum atomic E-state index is -4.57. The Morgan fingerprint density at radius 3 is 2.35 bits per heavy atom. The second kappa shape index (κ2) is 12.0. The monoisotopic (exact) mass is 529 g/mol. The van der Waals surface area contributed by atoms with Crippen molar-refractivity contribution in [3.8, 4) is 0 Å². The first-order chi connectivity index (χ1) is 17.6. The number of H-pyrrole nitrogens is 1. The molecule has 3 N–H and O–H groups in total. The lowest BCUT2D eigenvalue weighted by Gasteiger charge is -2.17. The topological polar surface area (TPSA) is 105 Å². The fourth-order valence-electron chi connectivity index (χ4n) is 3.81. The second-order valence-corrected chi connectivity index (χ2v) is 8.97. The van der Waals surface area contributed by atoms with Crippen molar-refractivity contribution in [2.45, 2.75) is 23.5 Å². The Balaban J connectivity index is 1.83. The molecule has 6 nitrogen and oxygen atoms in total. The Hall–Kier alpha value is -3.73. The summed E-state index contributed by atoms with van der Waals surface area (Å²) in [5.41, 5.74) is 1.10. The summed E-state index contributed by atoms with van der Waals surface area (Å²) in [5, 5.41) is 13.1. The number of aromatic nitrogens is 1. The van der Waals surface area contributed by atoms with Crippen molar-refractivity contribution in [3.05, 3.63) is 114 Å². The van der Waals surface area contributed by atoms with E-state index in [-0.39, 0.29) is 22.5 Å². The van der Waals surface area contributed by atoms with Crippen molar-refractivity contribution in [1.82, 2.24) is 10.3 Å². The molecular weight excluding hydrogens is 505 g/mol. The molecular formula is C27H24F3N2O4S-. The summed E-state index contributed by atoms with van der Waals surface area (Å²) in [6.07, 6.45) is -0.0633. The maximum absolute atomic E-state index is 13.5. The number of fused-ring (bicyclic) bond motifs is 1. The van der Waals surface area contributed by atoms with E-state index in [0.29, 0.717) is 22.2 Å². The number of aliphatic hydroxyl groups excluding tert-OH is 1. The molecule has 0 fully saturated rings. The summed E-state index contributed by atoms with van der Waals surface area (Å²) in [5.74, 6) is -0.485. The molecule has 0 bridgehead atoms. The number of benzene rings is 2. The first-order valence-corrected chi connectivity index (χ1v) is 12.1. The number of amides is 1. The van der Waals surface area contributed by atoms with E-state index in [0.717, 1.165) is 12.2 Å². The third kappa shape index (κ3) is 6.94. The molecule has 1 amide bonds. The number of hydrogen-bond acceptors (Lipinski definition) is 4. The van der Waals surface area contributed by atoms with Crippen LogP contribution in [0.15, 0.2) is 102 Å². The van der Waals surface area contributed by atoms with Crippen LogP contribution in [0.1, 0.15) is 27.7 Å². The highest BCUT2D eigenvalue weighted by Gasteiger charge is 2.35. The van der Waals surface area contributed by atoms with Gasteiger partial charge in [0.05, 0.1) is 18.2 Å². The molecule has 0 aliphatic rings. The Morgan fingerprint density at radius 1 is 1.11 bits per heavy atom. The van der Waals surface area contributed by atoms with Crippen LogP contribution in [0.2, 0.25) is 0 Å². The molecule has 37 heavy (non-hydrogen) atoms. The predicted molar refractivity (Wildman–Crippen MR) is 136 cm³/mol. The van der Waals surface area contributed by atoms with Gasteiger partial charge in [0.25, 0.3) is 5.91 Å². The summed E-state index contributed by atoms with van der Waals surface area (Å²) < 4.78 is 62.7. The average Bonchev–Trinajstić information content (AvgIpc) is 3.26. The fourth-order valence-corrected chi connectivity index (χ4v) is 4.17. The zero-order valence-electron chi connectivity index (χ0n) is 19.5. The molecule has 0 radical (unpaired) electrons. The van der Waals surface area contributed by atoms with Gasteiger partial charge in [0.2, 0.25) is 0 Å². The number of allylic oxidation sites excluding steroid dienone is 6. The first kappa shape index (κ1) is 27.9. The smallest absolute Gasteiger partial charge is 0.416 e. The number of alkyl halides is 3. The van der Waals surface area contributed by atoms with Gasteiger partial charge in [-0.05, 0) is 58.6 Å². The molecule has 2 unspecified atom stereocenters. The third-order valence-electron chi connectivity index (χ3n) is 5.54. The van der Waals surface area contributed by atoms with E-state index in [2.05, 4.69) is 23.5 Å². The van der Waals surface area contributed by atoms with E-state index < -0.39 is 41.4 Å². The normalized spacial score (nSPS) is 14.3. The van der Waals surface area contributed by atoms with Gasteiger partial charge in [-0.3, -0.25) is 9.00 Å². The van der Waals surface area contributed by atoms with Crippen molar-refractivity contribution < 1.29 is 31.8 Å². The fraction of sp³-hybridized carbons (Fsp3) is 0.148. The maximum atomic E-state index is 13.5. The molecule has 0 saturated carbocycles. The quantitative estimate of drug-likeness (QED) is 0.248. The number of rotatable bonds is 10. The summed E-state index contributed by atoms with van der Waals surface area (Å²) in [7, 11) is 0. The van der Waals surface area contributed by atoms with Crippen LogP contribution in [0.3, 0.4) is 0 Å². The highest BCUT2D eigenvalue weighted by molar-refractivity contribution is 7.79. The van der Waals surface area contributed by atoms with Crippen LogP contribution in [-0.2, 0) is 17.5 Å². The van der Waals surface area contributed by atoms with Crippen LogP contribution in [0, 0.1) is 0 Å². The van der Waals surface area contributed by atoms with Gasteiger partial charge in [0.15, 0.2) is 0 Å². The van der Waals surface area contributed by atoms with Crippen LogP contribution in [-0.4, -0.2) is 37.5 Å². The molecule has 1 heterocycles. The van der Waals surface area contributed by atoms with Gasteiger partial charge < -0.3 is 20.0 Å². The molecule has 3 aromatic rings. The molecule has 0 aliphatic carbocycles. The Labute approximate surface area is 214 Å². The number of carbonyl (C=O) groups is 1. The Kier molecular flexibility index (Phi) is 9.04. The number of nitrogens with one attached hydrogen (secondary N) is 2. The van der Waals surface area contributed by atoms with Gasteiger partial charge in [-0.2, -0.15) is 13.2 Å². The largest absolute Gasteiger partial charge is 0.768 e. The standard InChI is InChI=1S/C27H25F3N2O4S/c1-3-5-18(23(6-4-2)27(28,29)30)14-21-15-20-13-19(9-12-24(20)31-21)26(34)32-25(16-33)17-7-10-22(11-8-17)37(35)36/h3-13,15,25,31,33H,1-2,14,16H2,(H,32,34)(H,35,36)/p-1/b18-5-,23-6+. The van der Waals surface area contributed by atoms with E-state index in [9.17, 15) is 31.8 Å². The molecule has 3 rings (SSSR count). The van der Waals surface area contributed by atoms with Gasteiger partial charge in [0.1, 0.15) is 0 Å². The predicted octanol–water partition coefficient (Wildman–Crippen LogP) is 5.20. The Morgan fingerprint density at radius 2 is 1.78 bits per heavy atom. The number of aromatic amines is 1. The minimum absolute atomic E-state index is 0.00421. The first-order valence-electron chi connectivity index (χ1n) is 11.0. The van der Waals surface area contributed by atoms with Gasteiger partial charge in [0, 0.05) is 33.5 Å². The number of hydrogen-bond donors (Lipinski definition) is 3. The highest BCUT2D eigenvalue weighted by Crippen LogP contribution is 2.33. The van der Waals surface area contributed by atoms with Crippen LogP contribution < -0.4 is 5.32 Å². The van der Waals surface area contributed by atoms with Crippen molar-refractivity contribution in [1.29, 1.82) is 0 Å². The molecule has 2 aromatic carbocycles. The van der Waals surface area contributed by atoms with Crippen LogP contribution in [0.25, 0.3) is 10.9 Å². The minimum Gasteiger partial charge on any atom is -0.768 e. The summed E-state index contributed by atoms with van der Waals surface area (Å²) >= 11 is -2.39. The SMILES string of the molecule is C=C/C=C(Cc1cc2cc(C(=O)NC(CO)c3ccc(S(=O)[O-])cc3)ccc2[nH]1)\C(=C/C=C)C(F)(F)F. The van der Waals surface area contributed by atoms with Crippen molar-refractivity contribution in [2.75, 3.05) is 6.61 Å². The number of aliphatic hydroxyl groups is 1. The molecule has 10 heteroatoms. The molecule has 194 valence electrons. The number of halogens is 3. The molecule has 1 aromatic heterocycles. The lowest BCUT2D eigenvalue weighted by molar-refractivity contribution is -0.0894. The molecule has 2 atom stereocenters. The van der Waals surface area contributed by atoms with E-state index in [1.54, 1.807) is 24.3 Å². The summed E-state index contributed by atoms with van der Waals surface area (Å²) in [6, 6.07) is 11.4. The summed E-state index contributed by atoms with van der Waals surface area (Å²) in [6.45, 7) is 6.46. The summed E-state index contributed by atoms with van der Waals surface area (Å²) in [4.78, 5) is 16.0. The van der Waals surface area contributed by atoms with E-state index in [1.807, 2.05) is 0 Å². The highest BCUT2D eigenvalue weighted by atomic mass is 32.2. The van der Waals surface area contributed by atoms with Crippen molar-refractivity contribution in [3.63, 3.8) is 0 Å². The van der Waals surface area contributed by atoms with Crippen LogP contribution in [0.5, 0.6) is 0 Å². The van der Waals surface area contributed by atoms with Crippen LogP contribution in [0.4, 0.5) is 13.2 Å². The van der Waals surface area contributed by atoms with Gasteiger partial charge in [-0.25, -0.2) is 0 Å². The van der Waals surface area contributed by atoms with Crippen molar-refractivity contribution in [2.24, 2.45) is 0 Å². The van der Waals surface area contributed by atoms with E-state index in [1.165, 1.54) is 36.4 Å². The van der Waals surface area contributed by atoms with Crippen molar-refractivity contribution >= 4 is 27.9 Å². The molecule has 0 aliphatic heterocycles.